The topological polar surface area (TPSA) is 48.5 Å². The molecule has 27 heavy (non-hydrogen) atoms. The molecule has 0 atom stereocenters. The predicted molar refractivity (Wildman–Crippen MR) is 102 cm³/mol. The molecule has 1 aliphatic rings. The van der Waals surface area contributed by atoms with Crippen molar-refractivity contribution < 1.29 is 8.78 Å². The number of fused-ring (bicyclic) bond motifs is 1. The summed E-state index contributed by atoms with van der Waals surface area (Å²) in [6.07, 6.45) is 2.19. The molecule has 1 fully saturated rings. The molecule has 5 rings (SSSR count). The number of thiophene rings is 1. The molecule has 0 bridgehead atoms. The number of hydrogen-bond acceptors (Lipinski definition) is 5. The van der Waals surface area contributed by atoms with Crippen molar-refractivity contribution in [3.63, 3.8) is 0 Å². The summed E-state index contributed by atoms with van der Waals surface area (Å²) in [5, 5.41) is 11.5. The third kappa shape index (κ3) is 3.04. The third-order valence-corrected chi connectivity index (χ3v) is 6.32. The van der Waals surface area contributed by atoms with Crippen LogP contribution in [0.15, 0.2) is 46.9 Å². The summed E-state index contributed by atoms with van der Waals surface area (Å²) in [4.78, 5) is 5.47. The van der Waals surface area contributed by atoms with Crippen molar-refractivity contribution in [1.29, 1.82) is 0 Å². The number of thioether (sulfide) groups is 1. The number of nitrogens with zero attached hydrogens (tertiary/aromatic N) is 5. The van der Waals surface area contributed by atoms with Crippen molar-refractivity contribution in [3.05, 3.63) is 47.6 Å². The van der Waals surface area contributed by atoms with Crippen LogP contribution in [0.5, 0.6) is 0 Å². The van der Waals surface area contributed by atoms with Crippen LogP contribution in [0.2, 0.25) is 0 Å². The SMILES string of the molecule is FC(F)n1c(CSc2nnc(-c3cccs3)n2C2CC2)nc2ccccc21. The van der Waals surface area contributed by atoms with Gasteiger partial charge in [0, 0.05) is 6.04 Å². The molecule has 9 heteroatoms. The van der Waals surface area contributed by atoms with E-state index in [0.717, 1.165) is 33.3 Å². The zero-order chi connectivity index (χ0) is 18.4. The van der Waals surface area contributed by atoms with Crippen molar-refractivity contribution in [2.75, 3.05) is 0 Å². The Bertz CT molecular complexity index is 1080. The summed E-state index contributed by atoms with van der Waals surface area (Å²) >= 11 is 3.03. The lowest BCUT2D eigenvalue weighted by atomic mass is 10.3. The van der Waals surface area contributed by atoms with E-state index in [1.54, 1.807) is 35.6 Å². The molecule has 0 radical (unpaired) electrons. The second-order valence-corrected chi connectivity index (χ2v) is 8.23. The van der Waals surface area contributed by atoms with E-state index in [1.165, 1.54) is 11.8 Å². The third-order valence-electron chi connectivity index (χ3n) is 4.51. The first-order valence-corrected chi connectivity index (χ1v) is 10.4. The van der Waals surface area contributed by atoms with Crippen LogP contribution in [-0.4, -0.2) is 24.3 Å². The zero-order valence-electron chi connectivity index (χ0n) is 14.1. The van der Waals surface area contributed by atoms with Crippen LogP contribution >= 0.6 is 23.1 Å². The van der Waals surface area contributed by atoms with Gasteiger partial charge < -0.3 is 0 Å². The second kappa shape index (κ2) is 6.72. The molecule has 1 saturated carbocycles. The number of benzene rings is 1. The first-order valence-electron chi connectivity index (χ1n) is 8.58. The summed E-state index contributed by atoms with van der Waals surface area (Å²) in [6, 6.07) is 11.4. The van der Waals surface area contributed by atoms with Crippen molar-refractivity contribution >= 4 is 34.1 Å². The molecule has 0 saturated heterocycles. The van der Waals surface area contributed by atoms with E-state index in [1.807, 2.05) is 17.5 Å². The minimum Gasteiger partial charge on any atom is -0.298 e. The Morgan fingerprint density at radius 2 is 2.00 bits per heavy atom. The van der Waals surface area contributed by atoms with Gasteiger partial charge in [0.1, 0.15) is 5.82 Å². The quantitative estimate of drug-likeness (QED) is 0.406. The van der Waals surface area contributed by atoms with Gasteiger partial charge in [0.05, 0.1) is 21.7 Å². The van der Waals surface area contributed by atoms with Gasteiger partial charge in [-0.3, -0.25) is 9.13 Å². The van der Waals surface area contributed by atoms with Gasteiger partial charge in [-0.25, -0.2) is 4.98 Å². The van der Waals surface area contributed by atoms with Crippen LogP contribution < -0.4 is 0 Å². The molecular formula is C18H15F2N5S2. The minimum absolute atomic E-state index is 0.314. The van der Waals surface area contributed by atoms with Crippen molar-refractivity contribution in [2.45, 2.75) is 36.3 Å². The number of imidazole rings is 1. The van der Waals surface area contributed by atoms with Crippen LogP contribution in [0.1, 0.15) is 31.3 Å². The summed E-state index contributed by atoms with van der Waals surface area (Å²) in [6.45, 7) is -2.63. The average Bonchev–Trinajstić information content (AvgIpc) is 3.10. The number of halogens is 2. The lowest BCUT2D eigenvalue weighted by molar-refractivity contribution is 0.0722. The maximum atomic E-state index is 13.6. The molecule has 0 unspecified atom stereocenters. The van der Waals surface area contributed by atoms with Crippen LogP contribution in [0.25, 0.3) is 21.7 Å². The van der Waals surface area contributed by atoms with E-state index in [9.17, 15) is 8.78 Å². The van der Waals surface area contributed by atoms with Gasteiger partial charge in [0.25, 0.3) is 0 Å². The molecule has 138 valence electrons. The number of hydrogen-bond donors (Lipinski definition) is 0. The van der Waals surface area contributed by atoms with Crippen molar-refractivity contribution in [1.82, 2.24) is 24.3 Å². The fourth-order valence-electron chi connectivity index (χ4n) is 3.15. The Balaban J connectivity index is 1.47. The predicted octanol–water partition coefficient (Wildman–Crippen LogP) is 5.38. The monoisotopic (exact) mass is 403 g/mol. The number of aromatic nitrogens is 5. The maximum Gasteiger partial charge on any atom is 0.320 e. The first kappa shape index (κ1) is 16.9. The number of rotatable bonds is 6. The summed E-state index contributed by atoms with van der Waals surface area (Å²) in [5.74, 6) is 1.52. The van der Waals surface area contributed by atoms with E-state index < -0.39 is 6.55 Å². The van der Waals surface area contributed by atoms with Gasteiger partial charge in [-0.15, -0.1) is 21.5 Å². The molecule has 0 aliphatic heterocycles. The Morgan fingerprint density at radius 3 is 2.74 bits per heavy atom. The first-order chi connectivity index (χ1) is 13.2. The molecule has 0 amide bonds. The largest absolute Gasteiger partial charge is 0.320 e. The van der Waals surface area contributed by atoms with Gasteiger partial charge in [0.15, 0.2) is 11.0 Å². The van der Waals surface area contributed by atoms with Crippen molar-refractivity contribution in [3.8, 4) is 10.7 Å². The van der Waals surface area contributed by atoms with Crippen molar-refractivity contribution in [2.24, 2.45) is 0 Å². The van der Waals surface area contributed by atoms with Gasteiger partial charge in [-0.05, 0) is 36.4 Å². The normalized spacial score (nSPS) is 14.5. The molecule has 1 aliphatic carbocycles. The highest BCUT2D eigenvalue weighted by Crippen LogP contribution is 2.42. The fourth-order valence-corrected chi connectivity index (χ4v) is 4.79. The van der Waals surface area contributed by atoms with Crippen LogP contribution in [0.3, 0.4) is 0 Å². The molecule has 4 aromatic rings. The molecule has 0 N–H and O–H groups in total. The van der Waals surface area contributed by atoms with Crippen LogP contribution in [0.4, 0.5) is 8.78 Å². The zero-order valence-corrected chi connectivity index (χ0v) is 15.8. The summed E-state index contributed by atoms with van der Waals surface area (Å²) < 4.78 is 30.4. The molecular weight excluding hydrogens is 388 g/mol. The average molecular weight is 403 g/mol. The smallest absolute Gasteiger partial charge is 0.298 e. The van der Waals surface area contributed by atoms with Gasteiger partial charge in [-0.2, -0.15) is 8.78 Å². The molecule has 3 heterocycles. The lowest BCUT2D eigenvalue weighted by Gasteiger charge is -2.09. The highest BCUT2D eigenvalue weighted by Gasteiger charge is 2.30. The van der Waals surface area contributed by atoms with E-state index in [2.05, 4.69) is 19.7 Å². The van der Waals surface area contributed by atoms with E-state index in [0.29, 0.717) is 28.7 Å². The van der Waals surface area contributed by atoms with E-state index >= 15 is 0 Å². The van der Waals surface area contributed by atoms with Gasteiger partial charge in [-0.1, -0.05) is 30.0 Å². The summed E-state index contributed by atoms with van der Waals surface area (Å²) in [7, 11) is 0. The molecule has 1 aromatic carbocycles. The highest BCUT2D eigenvalue weighted by molar-refractivity contribution is 7.98. The Kier molecular flexibility index (Phi) is 4.20. The Hall–Kier alpha value is -2.26. The van der Waals surface area contributed by atoms with Crippen LogP contribution in [0, 0.1) is 0 Å². The lowest BCUT2D eigenvalue weighted by Crippen LogP contribution is -2.04. The molecule has 3 aromatic heterocycles. The van der Waals surface area contributed by atoms with Crippen LogP contribution in [-0.2, 0) is 5.75 Å². The molecule has 0 spiro atoms. The standard InChI is InChI=1S/C18H15F2N5S2/c19-17(20)25-13-5-2-1-4-12(13)21-15(25)10-27-18-23-22-16(14-6-3-9-26-14)24(18)11-7-8-11/h1-6,9,11,17H,7-8,10H2. The Morgan fingerprint density at radius 1 is 1.15 bits per heavy atom. The Labute approximate surface area is 162 Å². The minimum atomic E-state index is -2.63. The van der Waals surface area contributed by atoms with Gasteiger partial charge >= 0.3 is 6.55 Å². The van der Waals surface area contributed by atoms with E-state index in [-0.39, 0.29) is 0 Å². The van der Waals surface area contributed by atoms with E-state index in [4.69, 9.17) is 0 Å². The number of para-hydroxylation sites is 2. The fraction of sp³-hybridized carbons (Fsp3) is 0.278. The number of alkyl halides is 2. The summed E-state index contributed by atoms with van der Waals surface area (Å²) in [5.41, 5.74) is 1.03. The molecule has 5 nitrogen and oxygen atoms in total. The highest BCUT2D eigenvalue weighted by atomic mass is 32.2. The maximum absolute atomic E-state index is 13.6. The van der Waals surface area contributed by atoms with Gasteiger partial charge in [0.2, 0.25) is 0 Å². The second-order valence-electron chi connectivity index (χ2n) is 6.34.